The summed E-state index contributed by atoms with van der Waals surface area (Å²) in [5, 5.41) is 0. The second kappa shape index (κ2) is 15.2. The first kappa shape index (κ1) is 26.1. The smallest absolute Gasteiger partial charge is 0.234 e. The highest BCUT2D eigenvalue weighted by Gasteiger charge is 2.28. The Labute approximate surface area is 162 Å². The van der Waals surface area contributed by atoms with Crippen LogP contribution in [0.5, 0.6) is 0 Å². The molecule has 1 unspecified atom stereocenters. The summed E-state index contributed by atoms with van der Waals surface area (Å²) in [4.78, 5) is 14.2. The van der Waals surface area contributed by atoms with Crippen molar-refractivity contribution in [1.29, 1.82) is 0 Å². The number of carbonyl (C=O) groups excluding carboxylic acids is 1. The number of hydrogen-bond acceptors (Lipinski definition) is 1. The Kier molecular flexibility index (Phi) is 15.3. The molecular weight excluding hydrogens is 318 g/mol. The van der Waals surface area contributed by atoms with Gasteiger partial charge in [-0.1, -0.05) is 97.9 Å². The zero-order chi connectivity index (χ0) is 20.7. The zero-order valence-electron chi connectivity index (χ0n) is 18.6. The normalized spacial score (nSPS) is 13.4. The van der Waals surface area contributed by atoms with Crippen molar-refractivity contribution in [2.24, 2.45) is 0 Å². The maximum atomic E-state index is 12.4. The van der Waals surface area contributed by atoms with Crippen LogP contribution in [-0.2, 0) is 4.79 Å². The first-order valence-corrected chi connectivity index (χ1v) is 10.2. The molecule has 0 fully saturated rings. The van der Waals surface area contributed by atoms with E-state index in [0.29, 0.717) is 0 Å². The molecule has 1 amide bonds. The Morgan fingerprint density at radius 1 is 0.692 bits per heavy atom. The quantitative estimate of drug-likeness (QED) is 0.477. The lowest BCUT2D eigenvalue weighted by atomic mass is 9.92. The van der Waals surface area contributed by atoms with Gasteiger partial charge in [-0.15, -0.1) is 0 Å². The molecule has 146 valence electrons. The number of hydrogen-bond donors (Lipinski definition) is 0. The van der Waals surface area contributed by atoms with Gasteiger partial charge in [0.15, 0.2) is 0 Å². The number of benzene rings is 2. The summed E-state index contributed by atoms with van der Waals surface area (Å²) < 4.78 is 0. The second-order valence-electron chi connectivity index (χ2n) is 4.72. The minimum Gasteiger partial charge on any atom is -0.314 e. The largest absolute Gasteiger partial charge is 0.314 e. The van der Waals surface area contributed by atoms with Crippen LogP contribution in [0.15, 0.2) is 48.5 Å². The predicted molar refractivity (Wildman–Crippen MR) is 119 cm³/mol. The lowest BCUT2D eigenvalue weighted by Crippen LogP contribution is -2.29. The van der Waals surface area contributed by atoms with Crippen molar-refractivity contribution < 1.29 is 4.79 Å². The van der Waals surface area contributed by atoms with Gasteiger partial charge in [0.25, 0.3) is 0 Å². The summed E-state index contributed by atoms with van der Waals surface area (Å²) in [6.07, 6.45) is 0. The summed E-state index contributed by atoms with van der Waals surface area (Å²) >= 11 is 0. The average Bonchev–Trinajstić information content (AvgIpc) is 2.84. The van der Waals surface area contributed by atoms with Crippen LogP contribution in [-0.4, -0.2) is 13.0 Å². The average molecular weight is 358 g/mol. The van der Waals surface area contributed by atoms with Crippen molar-refractivity contribution in [2.45, 2.75) is 68.2 Å². The number of para-hydroxylation sites is 1. The van der Waals surface area contributed by atoms with Crippen molar-refractivity contribution >= 4 is 11.6 Å². The molecule has 1 heterocycles. The lowest BCUT2D eigenvalue weighted by Gasteiger charge is -2.19. The molecule has 0 saturated carbocycles. The van der Waals surface area contributed by atoms with E-state index in [9.17, 15) is 4.79 Å². The fourth-order valence-electron chi connectivity index (χ4n) is 2.66. The molecular formula is C24H39NO. The third-order valence-electron chi connectivity index (χ3n) is 3.68. The van der Waals surface area contributed by atoms with Crippen LogP contribution < -0.4 is 4.90 Å². The molecule has 0 bridgehead atoms. The van der Waals surface area contributed by atoms with Gasteiger partial charge in [-0.2, -0.15) is 0 Å². The second-order valence-corrected chi connectivity index (χ2v) is 4.72. The molecule has 0 radical (unpaired) electrons. The van der Waals surface area contributed by atoms with Gasteiger partial charge in [0.05, 0.1) is 11.6 Å². The van der Waals surface area contributed by atoms with Gasteiger partial charge >= 0.3 is 0 Å². The van der Waals surface area contributed by atoms with Gasteiger partial charge in [0, 0.05) is 12.6 Å². The molecule has 0 spiro atoms. The van der Waals surface area contributed by atoms with E-state index >= 15 is 0 Å². The van der Waals surface area contributed by atoms with Crippen LogP contribution in [0.3, 0.4) is 0 Å². The summed E-state index contributed by atoms with van der Waals surface area (Å²) in [5.41, 5.74) is 4.39. The number of carbonyl (C=O) groups is 1. The van der Waals surface area contributed by atoms with Gasteiger partial charge in [0.2, 0.25) is 5.91 Å². The molecule has 0 aliphatic carbocycles. The Morgan fingerprint density at radius 3 is 1.65 bits per heavy atom. The standard InChI is InChI=1S/C16H15NO.4C2H6/c1-11-12-7-3-4-8-13(12)14-9-5-6-10-15(14)17(2)16(11)18;4*1-2/h3-11H,1-2H3;4*1-2H3. The van der Waals surface area contributed by atoms with Crippen LogP contribution in [0, 0.1) is 0 Å². The van der Waals surface area contributed by atoms with E-state index < -0.39 is 0 Å². The van der Waals surface area contributed by atoms with Crippen molar-refractivity contribution in [3.63, 3.8) is 0 Å². The zero-order valence-corrected chi connectivity index (χ0v) is 18.6. The minimum atomic E-state index is -0.0985. The Bertz CT molecular complexity index is 566. The molecule has 1 aliphatic heterocycles. The van der Waals surface area contributed by atoms with Crippen molar-refractivity contribution in [1.82, 2.24) is 0 Å². The van der Waals surface area contributed by atoms with Gasteiger partial charge < -0.3 is 4.90 Å². The monoisotopic (exact) mass is 357 g/mol. The fourth-order valence-corrected chi connectivity index (χ4v) is 2.66. The molecule has 3 rings (SSSR count). The minimum absolute atomic E-state index is 0.0985. The summed E-state index contributed by atoms with van der Waals surface area (Å²) in [5.74, 6) is 0.0472. The van der Waals surface area contributed by atoms with Crippen LogP contribution in [0.2, 0.25) is 0 Å². The summed E-state index contributed by atoms with van der Waals surface area (Å²) in [6, 6.07) is 16.2. The summed E-state index contributed by atoms with van der Waals surface area (Å²) in [6.45, 7) is 18.0. The predicted octanol–water partition coefficient (Wildman–Crippen LogP) is 7.54. The maximum absolute atomic E-state index is 12.4. The van der Waals surface area contributed by atoms with Gasteiger partial charge in [-0.25, -0.2) is 0 Å². The van der Waals surface area contributed by atoms with E-state index in [1.807, 2.05) is 106 Å². The Hall–Kier alpha value is -2.09. The van der Waals surface area contributed by atoms with E-state index in [1.165, 1.54) is 5.56 Å². The molecule has 2 aromatic carbocycles. The van der Waals surface area contributed by atoms with E-state index in [0.717, 1.165) is 16.8 Å². The Morgan fingerprint density at radius 2 is 1.12 bits per heavy atom. The highest BCUT2D eigenvalue weighted by Crippen LogP contribution is 2.39. The SMILES string of the molecule is CC.CC.CC.CC.CC1C(=O)N(C)c2ccccc2-c2ccccc21. The number of nitrogens with zero attached hydrogens (tertiary/aromatic N) is 1. The van der Waals surface area contributed by atoms with Gasteiger partial charge in [-0.3, -0.25) is 4.79 Å². The van der Waals surface area contributed by atoms with E-state index in [2.05, 4.69) is 12.1 Å². The molecule has 2 aromatic rings. The van der Waals surface area contributed by atoms with Gasteiger partial charge in [-0.05, 0) is 24.1 Å². The molecule has 2 heteroatoms. The third-order valence-corrected chi connectivity index (χ3v) is 3.68. The number of amides is 1. The van der Waals surface area contributed by atoms with Crippen LogP contribution in [0.1, 0.15) is 73.8 Å². The molecule has 1 atom stereocenters. The highest BCUT2D eigenvalue weighted by molar-refractivity contribution is 6.04. The summed E-state index contributed by atoms with van der Waals surface area (Å²) in [7, 11) is 1.85. The molecule has 0 aromatic heterocycles. The van der Waals surface area contributed by atoms with Crippen molar-refractivity contribution in [3.8, 4) is 11.1 Å². The fraction of sp³-hybridized carbons (Fsp3) is 0.458. The molecule has 0 N–H and O–H groups in total. The van der Waals surface area contributed by atoms with Crippen LogP contribution >= 0.6 is 0 Å². The number of likely N-dealkylation sites (N-methyl/N-ethyl adjacent to an activating group) is 1. The molecule has 26 heavy (non-hydrogen) atoms. The Balaban J connectivity index is 0. The first-order valence-electron chi connectivity index (χ1n) is 10.2. The molecule has 1 aliphatic rings. The number of rotatable bonds is 0. The topological polar surface area (TPSA) is 20.3 Å². The van der Waals surface area contributed by atoms with Crippen LogP contribution in [0.4, 0.5) is 5.69 Å². The van der Waals surface area contributed by atoms with Crippen molar-refractivity contribution in [3.05, 3.63) is 54.1 Å². The van der Waals surface area contributed by atoms with Crippen LogP contribution in [0.25, 0.3) is 11.1 Å². The molecule has 2 nitrogen and oxygen atoms in total. The third kappa shape index (κ3) is 6.01. The van der Waals surface area contributed by atoms with E-state index in [4.69, 9.17) is 0 Å². The first-order chi connectivity index (χ1) is 12.7. The molecule has 0 saturated heterocycles. The number of fused-ring (bicyclic) bond motifs is 3. The van der Waals surface area contributed by atoms with Gasteiger partial charge in [0.1, 0.15) is 0 Å². The van der Waals surface area contributed by atoms with E-state index in [-0.39, 0.29) is 11.8 Å². The maximum Gasteiger partial charge on any atom is 0.234 e. The van der Waals surface area contributed by atoms with E-state index in [1.54, 1.807) is 4.90 Å². The number of anilines is 1. The lowest BCUT2D eigenvalue weighted by molar-refractivity contribution is -0.119. The van der Waals surface area contributed by atoms with Crippen molar-refractivity contribution in [2.75, 3.05) is 11.9 Å². The highest BCUT2D eigenvalue weighted by atomic mass is 16.2.